The number of halogens is 1. The van der Waals surface area contributed by atoms with Crippen LogP contribution in [0.2, 0.25) is 0 Å². The number of allylic oxidation sites excluding steroid dienone is 1. The Morgan fingerprint density at radius 3 is 2.30 bits per heavy atom. The van der Waals surface area contributed by atoms with Crippen LogP contribution in [-0.4, -0.2) is 35.3 Å². The van der Waals surface area contributed by atoms with E-state index in [-0.39, 0.29) is 23.5 Å². The van der Waals surface area contributed by atoms with Crippen molar-refractivity contribution >= 4 is 23.1 Å². The maximum atomic E-state index is 13.6. The van der Waals surface area contributed by atoms with E-state index in [9.17, 15) is 14.0 Å². The van der Waals surface area contributed by atoms with Crippen LogP contribution in [-0.2, 0) is 4.79 Å². The average molecular weight is 407 g/mol. The van der Waals surface area contributed by atoms with E-state index >= 15 is 0 Å². The van der Waals surface area contributed by atoms with Crippen LogP contribution in [0.3, 0.4) is 0 Å². The molecule has 2 aliphatic heterocycles. The van der Waals surface area contributed by atoms with Gasteiger partial charge in [-0.05, 0) is 69.5 Å². The van der Waals surface area contributed by atoms with Crippen LogP contribution in [0.5, 0.6) is 0 Å². The first-order valence-corrected chi connectivity index (χ1v) is 10.5. The van der Waals surface area contributed by atoms with Gasteiger partial charge >= 0.3 is 0 Å². The standard InChI is InChI=1S/C25H27FN2O2/c1-17-16-25(2,3)28(22-7-5-4-6-21(17)22)24(30)19-12-14-27(15-13-19)23(29)18-8-10-20(26)11-9-18/h4-11,16,19H,12-15H2,1-3H3. The Bertz CT molecular complexity index is 1000. The highest BCUT2D eigenvalue weighted by atomic mass is 19.1. The number of piperidine rings is 1. The van der Waals surface area contributed by atoms with Gasteiger partial charge in [0, 0.05) is 30.1 Å². The summed E-state index contributed by atoms with van der Waals surface area (Å²) in [6.45, 7) is 7.27. The summed E-state index contributed by atoms with van der Waals surface area (Å²) >= 11 is 0. The van der Waals surface area contributed by atoms with Crippen molar-refractivity contribution in [1.29, 1.82) is 0 Å². The molecule has 4 nitrogen and oxygen atoms in total. The zero-order valence-electron chi connectivity index (χ0n) is 17.7. The molecule has 2 aromatic rings. The zero-order valence-corrected chi connectivity index (χ0v) is 17.7. The Morgan fingerprint density at radius 2 is 1.63 bits per heavy atom. The molecule has 1 fully saturated rings. The third-order valence-electron chi connectivity index (χ3n) is 6.16. The minimum absolute atomic E-state index is 0.108. The lowest BCUT2D eigenvalue weighted by Gasteiger charge is -2.44. The van der Waals surface area contributed by atoms with Crippen LogP contribution < -0.4 is 4.90 Å². The molecule has 2 heterocycles. The molecule has 156 valence electrons. The van der Waals surface area contributed by atoms with Gasteiger partial charge in [-0.3, -0.25) is 9.59 Å². The fourth-order valence-corrected chi connectivity index (χ4v) is 4.67. The van der Waals surface area contributed by atoms with E-state index in [1.165, 1.54) is 29.8 Å². The van der Waals surface area contributed by atoms with E-state index in [4.69, 9.17) is 0 Å². The molecule has 2 amide bonds. The maximum absolute atomic E-state index is 13.6. The van der Waals surface area contributed by atoms with E-state index in [0.717, 1.165) is 11.3 Å². The van der Waals surface area contributed by atoms with Crippen molar-refractivity contribution in [2.45, 2.75) is 39.2 Å². The molecule has 2 aliphatic rings. The SMILES string of the molecule is CC1=CC(C)(C)N(C(=O)C2CCN(C(=O)c3ccc(F)cc3)CC2)c2ccccc21. The number of hydrogen-bond acceptors (Lipinski definition) is 2. The third-order valence-corrected chi connectivity index (χ3v) is 6.16. The van der Waals surface area contributed by atoms with Gasteiger partial charge in [-0.15, -0.1) is 0 Å². The number of para-hydroxylation sites is 1. The second-order valence-electron chi connectivity index (χ2n) is 8.75. The van der Waals surface area contributed by atoms with Gasteiger partial charge in [0.1, 0.15) is 5.82 Å². The first kappa shape index (κ1) is 20.3. The summed E-state index contributed by atoms with van der Waals surface area (Å²) in [5, 5.41) is 0. The molecule has 30 heavy (non-hydrogen) atoms. The first-order chi connectivity index (χ1) is 14.3. The number of carbonyl (C=O) groups is 2. The second-order valence-corrected chi connectivity index (χ2v) is 8.75. The molecule has 0 aliphatic carbocycles. The van der Waals surface area contributed by atoms with Crippen LogP contribution in [0.25, 0.3) is 5.57 Å². The average Bonchev–Trinajstić information content (AvgIpc) is 2.73. The number of anilines is 1. The lowest BCUT2D eigenvalue weighted by Crippen LogP contribution is -2.53. The number of amides is 2. The van der Waals surface area contributed by atoms with E-state index in [1.807, 2.05) is 23.1 Å². The lowest BCUT2D eigenvalue weighted by molar-refractivity contribution is -0.124. The Morgan fingerprint density at radius 1 is 1.00 bits per heavy atom. The predicted molar refractivity (Wildman–Crippen MR) is 117 cm³/mol. The summed E-state index contributed by atoms with van der Waals surface area (Å²) in [6.07, 6.45) is 3.41. The Hall–Kier alpha value is -2.95. The second kappa shape index (κ2) is 7.71. The largest absolute Gasteiger partial charge is 0.339 e. The van der Waals surface area contributed by atoms with Crippen LogP contribution in [0.15, 0.2) is 54.6 Å². The van der Waals surface area contributed by atoms with E-state index in [0.29, 0.717) is 31.5 Å². The maximum Gasteiger partial charge on any atom is 0.253 e. The number of benzene rings is 2. The van der Waals surface area contributed by atoms with Gasteiger partial charge < -0.3 is 9.80 Å². The van der Waals surface area contributed by atoms with Gasteiger partial charge in [0.05, 0.1) is 11.2 Å². The summed E-state index contributed by atoms with van der Waals surface area (Å²) in [4.78, 5) is 30.0. The molecule has 0 aromatic heterocycles. The van der Waals surface area contributed by atoms with Crippen LogP contribution in [0.4, 0.5) is 10.1 Å². The summed E-state index contributed by atoms with van der Waals surface area (Å²) in [7, 11) is 0. The van der Waals surface area contributed by atoms with Crippen molar-refractivity contribution in [3.05, 3.63) is 71.6 Å². The van der Waals surface area contributed by atoms with Crippen molar-refractivity contribution < 1.29 is 14.0 Å². The molecule has 4 rings (SSSR count). The van der Waals surface area contributed by atoms with Crippen LogP contribution in [0.1, 0.15) is 49.5 Å². The fraction of sp³-hybridized carbons (Fsp3) is 0.360. The van der Waals surface area contributed by atoms with Crippen molar-refractivity contribution in [2.24, 2.45) is 5.92 Å². The summed E-state index contributed by atoms with van der Waals surface area (Å²) in [6, 6.07) is 13.7. The van der Waals surface area contributed by atoms with Gasteiger partial charge in [0.2, 0.25) is 5.91 Å². The highest BCUT2D eigenvalue weighted by molar-refractivity contribution is 6.01. The molecular formula is C25H27FN2O2. The molecule has 1 saturated heterocycles. The Balaban J connectivity index is 1.49. The molecule has 5 heteroatoms. The normalized spacial score (nSPS) is 18.6. The van der Waals surface area contributed by atoms with Gasteiger partial charge in [0.25, 0.3) is 5.91 Å². The topological polar surface area (TPSA) is 40.6 Å². The highest BCUT2D eigenvalue weighted by Gasteiger charge is 2.39. The number of likely N-dealkylation sites (tertiary alicyclic amines) is 1. The molecule has 2 aromatic carbocycles. The third kappa shape index (κ3) is 3.64. The summed E-state index contributed by atoms with van der Waals surface area (Å²) < 4.78 is 13.1. The van der Waals surface area contributed by atoms with Gasteiger partial charge in [0.15, 0.2) is 0 Å². The van der Waals surface area contributed by atoms with Crippen LogP contribution >= 0.6 is 0 Å². The summed E-state index contributed by atoms with van der Waals surface area (Å²) in [5.41, 5.74) is 3.30. The highest BCUT2D eigenvalue weighted by Crippen LogP contribution is 2.40. The van der Waals surface area contributed by atoms with Crippen LogP contribution in [0, 0.1) is 11.7 Å². The minimum Gasteiger partial charge on any atom is -0.339 e. The molecule has 0 atom stereocenters. The number of hydrogen-bond donors (Lipinski definition) is 0. The molecule has 0 N–H and O–H groups in total. The number of fused-ring (bicyclic) bond motifs is 1. The van der Waals surface area contributed by atoms with Gasteiger partial charge in [-0.25, -0.2) is 4.39 Å². The molecular weight excluding hydrogens is 379 g/mol. The van der Waals surface area contributed by atoms with Crippen molar-refractivity contribution in [2.75, 3.05) is 18.0 Å². The van der Waals surface area contributed by atoms with E-state index in [1.54, 1.807) is 4.90 Å². The quantitative estimate of drug-likeness (QED) is 0.711. The molecule has 0 spiro atoms. The monoisotopic (exact) mass is 406 g/mol. The number of nitrogens with zero attached hydrogens (tertiary/aromatic N) is 2. The minimum atomic E-state index is -0.406. The Kier molecular flexibility index (Phi) is 5.22. The van der Waals surface area contributed by atoms with Gasteiger partial charge in [-0.1, -0.05) is 24.3 Å². The fourth-order valence-electron chi connectivity index (χ4n) is 4.67. The van der Waals surface area contributed by atoms with E-state index in [2.05, 4.69) is 32.9 Å². The van der Waals surface area contributed by atoms with Crippen molar-refractivity contribution in [3.63, 3.8) is 0 Å². The number of carbonyl (C=O) groups excluding carboxylic acids is 2. The van der Waals surface area contributed by atoms with Gasteiger partial charge in [-0.2, -0.15) is 0 Å². The van der Waals surface area contributed by atoms with Crippen molar-refractivity contribution in [3.8, 4) is 0 Å². The molecule has 0 bridgehead atoms. The van der Waals surface area contributed by atoms with E-state index < -0.39 is 5.54 Å². The molecule has 0 saturated carbocycles. The Labute approximate surface area is 177 Å². The number of rotatable bonds is 2. The molecule has 0 radical (unpaired) electrons. The van der Waals surface area contributed by atoms with Crippen molar-refractivity contribution in [1.82, 2.24) is 4.90 Å². The smallest absolute Gasteiger partial charge is 0.253 e. The first-order valence-electron chi connectivity index (χ1n) is 10.5. The predicted octanol–water partition coefficient (Wildman–Crippen LogP) is 4.91. The zero-order chi connectivity index (χ0) is 21.5. The molecule has 0 unspecified atom stereocenters. The summed E-state index contributed by atoms with van der Waals surface area (Å²) in [5.74, 6) is -0.473. The lowest BCUT2D eigenvalue weighted by atomic mass is 9.86.